The van der Waals surface area contributed by atoms with Crippen LogP contribution >= 0.6 is 11.8 Å². The number of ether oxygens (including phenoxy) is 1. The average molecular weight is 474 g/mol. The predicted molar refractivity (Wildman–Crippen MR) is 133 cm³/mol. The number of carbonyl (C=O) groups excluding carboxylic acids is 1. The van der Waals surface area contributed by atoms with Crippen LogP contribution in [0.25, 0.3) is 22.3 Å². The monoisotopic (exact) mass is 473 g/mol. The molecule has 34 heavy (non-hydrogen) atoms. The fourth-order valence-corrected chi connectivity index (χ4v) is 5.78. The fourth-order valence-electron chi connectivity index (χ4n) is 4.93. The highest BCUT2D eigenvalue weighted by atomic mass is 32.2. The lowest BCUT2D eigenvalue weighted by Crippen LogP contribution is -2.37. The molecule has 0 saturated carbocycles. The first-order valence-electron chi connectivity index (χ1n) is 11.8. The first-order chi connectivity index (χ1) is 16.8. The van der Waals surface area contributed by atoms with Crippen LogP contribution in [0.15, 0.2) is 59.9 Å². The van der Waals surface area contributed by atoms with Crippen LogP contribution < -0.4 is 0 Å². The van der Waals surface area contributed by atoms with E-state index in [4.69, 9.17) is 4.74 Å². The molecule has 1 fully saturated rings. The Balaban J connectivity index is 1.23. The lowest BCUT2D eigenvalue weighted by atomic mass is 10.00. The van der Waals surface area contributed by atoms with E-state index in [0.29, 0.717) is 18.8 Å². The van der Waals surface area contributed by atoms with Crippen LogP contribution in [0.3, 0.4) is 0 Å². The van der Waals surface area contributed by atoms with Gasteiger partial charge >= 0.3 is 0 Å². The van der Waals surface area contributed by atoms with Gasteiger partial charge in [0.25, 0.3) is 0 Å². The zero-order valence-electron chi connectivity index (χ0n) is 18.9. The lowest BCUT2D eigenvalue weighted by molar-refractivity contribution is -0.129. The Labute approximate surface area is 202 Å². The first-order valence-corrected chi connectivity index (χ1v) is 12.8. The summed E-state index contributed by atoms with van der Waals surface area (Å²) in [5.74, 6) is 1.30. The summed E-state index contributed by atoms with van der Waals surface area (Å²) in [6.45, 7) is 2.93. The van der Waals surface area contributed by atoms with E-state index in [1.54, 1.807) is 0 Å². The second kappa shape index (κ2) is 9.27. The molecule has 0 aliphatic carbocycles. The fraction of sp³-hybridized carbons (Fsp3) is 0.346. The van der Waals surface area contributed by atoms with E-state index < -0.39 is 0 Å². The Morgan fingerprint density at radius 2 is 1.97 bits per heavy atom. The van der Waals surface area contributed by atoms with Gasteiger partial charge in [-0.2, -0.15) is 0 Å². The molecule has 7 nitrogen and oxygen atoms in total. The largest absolute Gasteiger partial charge is 0.376 e. The van der Waals surface area contributed by atoms with E-state index in [0.717, 1.165) is 59.9 Å². The summed E-state index contributed by atoms with van der Waals surface area (Å²) in [4.78, 5) is 18.4. The molecule has 1 amide bonds. The van der Waals surface area contributed by atoms with Crippen molar-refractivity contribution in [3.05, 3.63) is 65.9 Å². The summed E-state index contributed by atoms with van der Waals surface area (Å²) < 4.78 is 8.06. The van der Waals surface area contributed by atoms with Crippen molar-refractivity contribution in [3.8, 4) is 11.4 Å². The maximum atomic E-state index is 13.1. The molecule has 4 aromatic rings. The van der Waals surface area contributed by atoms with Gasteiger partial charge in [0, 0.05) is 42.4 Å². The average Bonchev–Trinajstić information content (AvgIpc) is 3.63. The third-order valence-corrected chi connectivity index (χ3v) is 7.72. The summed E-state index contributed by atoms with van der Waals surface area (Å²) in [6.07, 6.45) is 5.15. The van der Waals surface area contributed by atoms with E-state index in [9.17, 15) is 4.79 Å². The van der Waals surface area contributed by atoms with E-state index >= 15 is 0 Å². The van der Waals surface area contributed by atoms with Crippen LogP contribution in [0.2, 0.25) is 0 Å². The van der Waals surface area contributed by atoms with Gasteiger partial charge in [0.2, 0.25) is 5.91 Å². The molecule has 0 bridgehead atoms. The van der Waals surface area contributed by atoms with Gasteiger partial charge < -0.3 is 14.6 Å². The number of aromatic nitrogens is 4. The van der Waals surface area contributed by atoms with Gasteiger partial charge in [0.1, 0.15) is 0 Å². The molecule has 8 heteroatoms. The zero-order chi connectivity index (χ0) is 22.9. The smallest absolute Gasteiger partial charge is 0.233 e. The van der Waals surface area contributed by atoms with Crippen LogP contribution in [-0.2, 0) is 29.0 Å². The normalized spacial score (nSPS) is 17.9. The predicted octanol–water partition coefficient (Wildman–Crippen LogP) is 4.28. The second-order valence-electron chi connectivity index (χ2n) is 8.92. The maximum absolute atomic E-state index is 13.1. The van der Waals surface area contributed by atoms with Crippen molar-refractivity contribution in [1.82, 2.24) is 24.6 Å². The van der Waals surface area contributed by atoms with Gasteiger partial charge in [-0.25, -0.2) is 0 Å². The van der Waals surface area contributed by atoms with Crippen LogP contribution in [0.4, 0.5) is 0 Å². The molecule has 1 saturated heterocycles. The number of rotatable bonds is 6. The number of thioether (sulfide) groups is 1. The van der Waals surface area contributed by atoms with Crippen LogP contribution in [0.1, 0.15) is 24.0 Å². The van der Waals surface area contributed by atoms with Gasteiger partial charge in [-0.15, -0.1) is 10.2 Å². The Bertz CT molecular complexity index is 1320. The molecule has 174 valence electrons. The maximum Gasteiger partial charge on any atom is 0.233 e. The molecule has 1 N–H and O–H groups in total. The zero-order valence-corrected chi connectivity index (χ0v) is 19.8. The molecule has 2 aliphatic heterocycles. The van der Waals surface area contributed by atoms with Crippen molar-refractivity contribution >= 4 is 28.6 Å². The molecular formula is C26H27N5O2S. The highest BCUT2D eigenvalue weighted by Gasteiger charge is 2.25. The molecule has 2 aliphatic rings. The SMILES string of the molecule is O=C(CSc1nnc(-c2c[nH]c3ccccc23)n1C[C@H]1CCCO1)N1CCc2ccccc2C1. The Hall–Kier alpha value is -3.10. The minimum Gasteiger partial charge on any atom is -0.376 e. The quantitative estimate of drug-likeness (QED) is 0.423. The topological polar surface area (TPSA) is 76.0 Å². The number of H-pyrrole nitrogens is 1. The van der Waals surface area contributed by atoms with Crippen LogP contribution in [-0.4, -0.2) is 55.6 Å². The van der Waals surface area contributed by atoms with Crippen molar-refractivity contribution in [3.63, 3.8) is 0 Å². The molecule has 0 spiro atoms. The number of amides is 1. The summed E-state index contributed by atoms with van der Waals surface area (Å²) in [6, 6.07) is 16.6. The number of nitrogens with one attached hydrogen (secondary N) is 1. The molecular weight excluding hydrogens is 446 g/mol. The summed E-state index contributed by atoms with van der Waals surface area (Å²) in [7, 11) is 0. The van der Waals surface area contributed by atoms with Gasteiger partial charge in [-0.3, -0.25) is 9.36 Å². The van der Waals surface area contributed by atoms with Crippen molar-refractivity contribution in [2.75, 3.05) is 18.9 Å². The number of benzene rings is 2. The van der Waals surface area contributed by atoms with Crippen molar-refractivity contribution in [1.29, 1.82) is 0 Å². The minimum atomic E-state index is 0.139. The Morgan fingerprint density at radius 1 is 1.12 bits per heavy atom. The van der Waals surface area contributed by atoms with Gasteiger partial charge in [0.05, 0.1) is 18.4 Å². The summed E-state index contributed by atoms with van der Waals surface area (Å²) >= 11 is 1.47. The number of nitrogens with zero attached hydrogens (tertiary/aromatic N) is 4. The van der Waals surface area contributed by atoms with Crippen LogP contribution in [0.5, 0.6) is 0 Å². The molecule has 4 heterocycles. The molecule has 1 atom stereocenters. The van der Waals surface area contributed by atoms with E-state index in [-0.39, 0.29) is 12.0 Å². The van der Waals surface area contributed by atoms with Gasteiger partial charge in [0.15, 0.2) is 11.0 Å². The van der Waals surface area contributed by atoms with Gasteiger partial charge in [-0.1, -0.05) is 54.2 Å². The van der Waals surface area contributed by atoms with Crippen molar-refractivity contribution < 1.29 is 9.53 Å². The second-order valence-corrected chi connectivity index (χ2v) is 9.86. The Morgan fingerprint density at radius 3 is 2.85 bits per heavy atom. The van der Waals surface area contributed by atoms with E-state index in [1.165, 1.54) is 22.9 Å². The number of hydrogen-bond acceptors (Lipinski definition) is 5. The third kappa shape index (κ3) is 4.12. The summed E-state index contributed by atoms with van der Waals surface area (Å²) in [5.41, 5.74) is 4.68. The number of aromatic amines is 1. The molecule has 6 rings (SSSR count). The number of para-hydroxylation sites is 1. The van der Waals surface area contributed by atoms with E-state index in [1.807, 2.05) is 29.3 Å². The van der Waals surface area contributed by atoms with Crippen LogP contribution in [0, 0.1) is 0 Å². The van der Waals surface area contributed by atoms with E-state index in [2.05, 4.69) is 50.1 Å². The minimum absolute atomic E-state index is 0.139. The van der Waals surface area contributed by atoms with Crippen molar-refractivity contribution in [2.45, 2.75) is 43.6 Å². The molecule has 2 aromatic heterocycles. The number of hydrogen-bond donors (Lipinski definition) is 1. The standard InChI is InChI=1S/C26H27N5O2S/c32-24(30-12-11-18-6-1-2-7-19(18)15-30)17-34-26-29-28-25(31(26)16-20-8-5-13-33-20)22-14-27-23-10-4-3-9-21(22)23/h1-4,6-7,9-10,14,20,27H,5,8,11-13,15-17H2/t20-/m1/s1. The number of carbonyl (C=O) groups is 1. The third-order valence-electron chi connectivity index (χ3n) is 6.77. The number of fused-ring (bicyclic) bond motifs is 2. The highest BCUT2D eigenvalue weighted by Crippen LogP contribution is 2.31. The highest BCUT2D eigenvalue weighted by molar-refractivity contribution is 7.99. The lowest BCUT2D eigenvalue weighted by Gasteiger charge is -2.28. The molecule has 2 aromatic carbocycles. The van der Waals surface area contributed by atoms with Gasteiger partial charge in [-0.05, 0) is 36.5 Å². The van der Waals surface area contributed by atoms with Crippen molar-refractivity contribution in [2.24, 2.45) is 0 Å². The molecule has 0 radical (unpaired) electrons. The molecule has 0 unspecified atom stereocenters. The summed E-state index contributed by atoms with van der Waals surface area (Å²) in [5, 5.41) is 11.0. The first kappa shape index (κ1) is 21.4. The Kier molecular flexibility index (Phi) is 5.84.